The second kappa shape index (κ2) is 9.32. The number of terminal acetylenes is 1. The highest BCUT2D eigenvalue weighted by Crippen LogP contribution is 2.33. The quantitative estimate of drug-likeness (QED) is 0.407. The Bertz CT molecular complexity index is 537. The lowest BCUT2D eigenvalue weighted by molar-refractivity contribution is 0.0824. The normalized spacial score (nSPS) is 13.1. The van der Waals surface area contributed by atoms with Gasteiger partial charge in [-0.25, -0.2) is 0 Å². The van der Waals surface area contributed by atoms with E-state index >= 15 is 0 Å². The van der Waals surface area contributed by atoms with E-state index in [1.807, 2.05) is 36.2 Å². The maximum absolute atomic E-state index is 10.8. The molecule has 0 saturated heterocycles. The van der Waals surface area contributed by atoms with Crippen LogP contribution in [0.15, 0.2) is 24.3 Å². The molecule has 2 N–H and O–H groups in total. The maximum Gasteiger partial charge on any atom is 0.327 e. The highest BCUT2D eigenvalue weighted by molar-refractivity contribution is 7.51. The predicted octanol–water partition coefficient (Wildman–Crippen LogP) is 2.01. The zero-order valence-electron chi connectivity index (χ0n) is 12.5. The van der Waals surface area contributed by atoms with E-state index in [-0.39, 0.29) is 18.8 Å². The highest BCUT2D eigenvalue weighted by Gasteiger charge is 2.17. The van der Waals surface area contributed by atoms with Crippen LogP contribution in [0.4, 0.5) is 0 Å². The first-order valence-electron chi connectivity index (χ1n) is 6.82. The van der Waals surface area contributed by atoms with Crippen molar-refractivity contribution in [3.8, 4) is 12.3 Å². The topological polar surface area (TPSA) is 70.0 Å². The minimum absolute atomic E-state index is 0.0191. The Morgan fingerprint density at radius 1 is 1.41 bits per heavy atom. The Morgan fingerprint density at radius 3 is 2.59 bits per heavy atom. The van der Waals surface area contributed by atoms with Gasteiger partial charge in [-0.3, -0.25) is 9.46 Å². The molecule has 5 nitrogen and oxygen atoms in total. The Kier molecular flexibility index (Phi) is 8.13. The molecule has 0 aliphatic heterocycles. The molecule has 0 radical (unpaired) electrons. The van der Waals surface area contributed by atoms with Gasteiger partial charge in [-0.2, -0.15) is 0 Å². The number of hydrogen-bond donors (Lipinski definition) is 2. The molecule has 122 valence electrons. The maximum atomic E-state index is 10.8. The van der Waals surface area contributed by atoms with Crippen LogP contribution in [0.3, 0.4) is 0 Å². The molecule has 0 spiro atoms. The van der Waals surface area contributed by atoms with E-state index < -0.39 is 7.60 Å². The minimum atomic E-state index is -4.02. The van der Waals surface area contributed by atoms with Crippen LogP contribution in [0, 0.1) is 12.3 Å². The van der Waals surface area contributed by atoms with Crippen molar-refractivity contribution in [1.82, 2.24) is 4.90 Å². The summed E-state index contributed by atoms with van der Waals surface area (Å²) in [6.07, 6.45) is 5.77. The molecular weight excluding hydrogens is 325 g/mol. The molecule has 0 saturated carbocycles. The van der Waals surface area contributed by atoms with E-state index in [0.29, 0.717) is 24.6 Å². The third-order valence-electron chi connectivity index (χ3n) is 3.19. The number of likely N-dealkylation sites (N-methyl/N-ethyl adjacent to an activating group) is 1. The summed E-state index contributed by atoms with van der Waals surface area (Å²) in [5.74, 6) is 2.58. The molecule has 0 heterocycles. The van der Waals surface area contributed by atoms with Gasteiger partial charge in [0.15, 0.2) is 0 Å². The summed E-state index contributed by atoms with van der Waals surface area (Å²) in [7, 11) is -2.12. The summed E-state index contributed by atoms with van der Waals surface area (Å²) in [5, 5.41) is 0.676. The van der Waals surface area contributed by atoms with Crippen molar-refractivity contribution in [3.63, 3.8) is 0 Å². The lowest BCUT2D eigenvalue weighted by Crippen LogP contribution is -2.38. The van der Waals surface area contributed by atoms with Crippen LogP contribution >= 0.6 is 19.2 Å². The third-order valence-corrected chi connectivity index (χ3v) is 4.20. The Labute approximate surface area is 136 Å². The first-order valence-corrected chi connectivity index (χ1v) is 9.00. The van der Waals surface area contributed by atoms with Crippen molar-refractivity contribution >= 4 is 19.2 Å². The van der Waals surface area contributed by atoms with E-state index in [2.05, 4.69) is 5.92 Å². The molecule has 0 aliphatic carbocycles. The van der Waals surface area contributed by atoms with E-state index in [1.165, 1.54) is 0 Å². The molecule has 0 fully saturated rings. The Balaban J connectivity index is 2.58. The lowest BCUT2D eigenvalue weighted by Gasteiger charge is -2.26. The summed E-state index contributed by atoms with van der Waals surface area (Å²) in [6.45, 7) is 0.839. The number of rotatable bonds is 9. The smallest absolute Gasteiger partial charge is 0.327 e. The number of benzene rings is 1. The van der Waals surface area contributed by atoms with Gasteiger partial charge >= 0.3 is 7.60 Å². The fourth-order valence-electron chi connectivity index (χ4n) is 1.91. The monoisotopic (exact) mass is 345 g/mol. The van der Waals surface area contributed by atoms with Crippen LogP contribution in [0.2, 0.25) is 5.02 Å². The van der Waals surface area contributed by atoms with Crippen molar-refractivity contribution in [2.45, 2.75) is 12.5 Å². The fraction of sp³-hybridized carbons (Fsp3) is 0.467. The molecule has 1 atom stereocenters. The van der Waals surface area contributed by atoms with Gasteiger partial charge in [0, 0.05) is 11.1 Å². The molecule has 1 aromatic rings. The van der Waals surface area contributed by atoms with Crippen LogP contribution in [-0.2, 0) is 15.7 Å². The molecule has 0 unspecified atom stereocenters. The standard InChI is InChI=1S/C15H21ClNO4P/c1-3-8-17(2)15(12-21-9-10-22(18,19)20)11-13-4-6-14(16)7-5-13/h1,4-7,15H,8-12H2,2H3,(H2,18,19,20)/t15-/m0/s1. The van der Waals surface area contributed by atoms with Gasteiger partial charge in [-0.15, -0.1) is 6.42 Å². The van der Waals surface area contributed by atoms with Crippen molar-refractivity contribution < 1.29 is 19.1 Å². The summed E-state index contributed by atoms with van der Waals surface area (Å²) < 4.78 is 16.2. The van der Waals surface area contributed by atoms with E-state index in [0.717, 1.165) is 5.56 Å². The highest BCUT2D eigenvalue weighted by atomic mass is 35.5. The third kappa shape index (κ3) is 7.95. The lowest BCUT2D eigenvalue weighted by atomic mass is 10.1. The molecular formula is C15H21ClNO4P. The van der Waals surface area contributed by atoms with Crippen LogP contribution < -0.4 is 0 Å². The van der Waals surface area contributed by atoms with Crippen LogP contribution in [0.1, 0.15) is 5.56 Å². The summed E-state index contributed by atoms with van der Waals surface area (Å²) in [4.78, 5) is 19.6. The second-order valence-corrected chi connectivity index (χ2v) is 7.28. The van der Waals surface area contributed by atoms with Gasteiger partial charge < -0.3 is 14.5 Å². The largest absolute Gasteiger partial charge is 0.379 e. The molecule has 1 aromatic carbocycles. The fourth-order valence-corrected chi connectivity index (χ4v) is 2.40. The molecule has 22 heavy (non-hydrogen) atoms. The van der Waals surface area contributed by atoms with E-state index in [4.69, 9.17) is 32.5 Å². The first-order chi connectivity index (χ1) is 10.3. The van der Waals surface area contributed by atoms with Crippen molar-refractivity contribution in [2.24, 2.45) is 0 Å². The average Bonchev–Trinajstić information content (AvgIpc) is 2.43. The van der Waals surface area contributed by atoms with E-state index in [1.54, 1.807) is 0 Å². The van der Waals surface area contributed by atoms with E-state index in [9.17, 15) is 4.57 Å². The average molecular weight is 346 g/mol. The van der Waals surface area contributed by atoms with Gasteiger partial charge in [0.25, 0.3) is 0 Å². The first kappa shape index (κ1) is 19.2. The predicted molar refractivity (Wildman–Crippen MR) is 88.1 cm³/mol. The summed E-state index contributed by atoms with van der Waals surface area (Å²) >= 11 is 5.87. The number of hydrogen-bond acceptors (Lipinski definition) is 3. The van der Waals surface area contributed by atoms with Crippen molar-refractivity contribution in [1.29, 1.82) is 0 Å². The minimum Gasteiger partial charge on any atom is -0.379 e. The molecule has 0 amide bonds. The molecule has 0 aliphatic rings. The zero-order valence-corrected chi connectivity index (χ0v) is 14.1. The van der Waals surface area contributed by atoms with Gasteiger partial charge in [0.2, 0.25) is 0 Å². The Morgan fingerprint density at radius 2 is 2.05 bits per heavy atom. The number of halogens is 1. The van der Waals surface area contributed by atoms with Gasteiger partial charge in [0.05, 0.1) is 25.9 Å². The Hall–Kier alpha value is -0.860. The number of ether oxygens (including phenoxy) is 1. The molecule has 7 heteroatoms. The van der Waals surface area contributed by atoms with Crippen LogP contribution in [-0.4, -0.2) is 53.7 Å². The zero-order chi connectivity index (χ0) is 16.6. The second-order valence-electron chi connectivity index (χ2n) is 5.07. The van der Waals surface area contributed by atoms with Crippen LogP contribution in [0.5, 0.6) is 0 Å². The molecule has 0 aromatic heterocycles. The number of nitrogens with zero attached hydrogens (tertiary/aromatic N) is 1. The van der Waals surface area contributed by atoms with Gasteiger partial charge in [-0.05, 0) is 31.2 Å². The molecule has 1 rings (SSSR count). The SMILES string of the molecule is C#CCN(C)[C@H](COCCP(=O)(O)O)Cc1ccc(Cl)cc1. The van der Waals surface area contributed by atoms with Crippen molar-refractivity contribution in [2.75, 3.05) is 33.0 Å². The van der Waals surface area contributed by atoms with Gasteiger partial charge in [-0.1, -0.05) is 29.7 Å². The van der Waals surface area contributed by atoms with Gasteiger partial charge in [0.1, 0.15) is 0 Å². The molecule has 0 bridgehead atoms. The summed E-state index contributed by atoms with van der Waals surface area (Å²) in [6, 6.07) is 7.55. The van der Waals surface area contributed by atoms with Crippen LogP contribution in [0.25, 0.3) is 0 Å². The van der Waals surface area contributed by atoms with Crippen molar-refractivity contribution in [3.05, 3.63) is 34.9 Å². The summed E-state index contributed by atoms with van der Waals surface area (Å²) in [5.41, 5.74) is 1.09.